The van der Waals surface area contributed by atoms with Crippen LogP contribution in [0.4, 0.5) is 0 Å². The van der Waals surface area contributed by atoms with Crippen molar-refractivity contribution in [2.24, 2.45) is 0 Å². The van der Waals surface area contributed by atoms with Crippen LogP contribution in [0.1, 0.15) is 18.2 Å². The standard InChI is InChI=1S/C10H15Cl2NS/c1-8(11)5-6-13(2)7-9-3-4-10(12)14-9/h3-4,8H,5-7H2,1-2H3. The zero-order valence-corrected chi connectivity index (χ0v) is 10.8. The smallest absolute Gasteiger partial charge is 0.0931 e. The van der Waals surface area contributed by atoms with Crippen molar-refractivity contribution < 1.29 is 0 Å². The zero-order chi connectivity index (χ0) is 10.6. The molecule has 4 heteroatoms. The summed E-state index contributed by atoms with van der Waals surface area (Å²) in [5, 5.41) is 0.254. The van der Waals surface area contributed by atoms with Gasteiger partial charge in [-0.05, 0) is 39.1 Å². The van der Waals surface area contributed by atoms with Gasteiger partial charge in [-0.3, -0.25) is 0 Å². The first kappa shape index (κ1) is 12.3. The Labute approximate surface area is 99.6 Å². The molecule has 80 valence electrons. The first-order valence-corrected chi connectivity index (χ1v) is 6.28. The van der Waals surface area contributed by atoms with E-state index in [0.29, 0.717) is 0 Å². The van der Waals surface area contributed by atoms with Crippen LogP contribution in [0.5, 0.6) is 0 Å². The Kier molecular flexibility index (Phi) is 5.24. The third kappa shape index (κ3) is 4.65. The van der Waals surface area contributed by atoms with Crippen molar-refractivity contribution >= 4 is 34.5 Å². The van der Waals surface area contributed by atoms with Gasteiger partial charge in [0.1, 0.15) is 0 Å². The Balaban J connectivity index is 2.30. The SMILES string of the molecule is CC(Cl)CCN(C)Cc1ccc(Cl)s1. The maximum absolute atomic E-state index is 5.88. The average Bonchev–Trinajstić information content (AvgIpc) is 2.48. The molecule has 0 aliphatic heterocycles. The first-order chi connectivity index (χ1) is 6.58. The molecule has 1 aromatic heterocycles. The minimum absolute atomic E-state index is 0.254. The van der Waals surface area contributed by atoms with Crippen LogP contribution in [-0.2, 0) is 6.54 Å². The summed E-state index contributed by atoms with van der Waals surface area (Å²) in [6.07, 6.45) is 1.02. The molecule has 0 spiro atoms. The van der Waals surface area contributed by atoms with Crippen LogP contribution in [0.15, 0.2) is 12.1 Å². The minimum atomic E-state index is 0.254. The quantitative estimate of drug-likeness (QED) is 0.719. The van der Waals surface area contributed by atoms with Gasteiger partial charge in [0, 0.05) is 16.8 Å². The van der Waals surface area contributed by atoms with Crippen molar-refractivity contribution in [3.8, 4) is 0 Å². The molecule has 0 aliphatic carbocycles. The summed E-state index contributed by atoms with van der Waals surface area (Å²) in [4.78, 5) is 3.57. The molecule has 0 aromatic carbocycles. The maximum atomic E-state index is 5.88. The van der Waals surface area contributed by atoms with Gasteiger partial charge in [-0.25, -0.2) is 0 Å². The number of alkyl halides is 1. The minimum Gasteiger partial charge on any atom is -0.301 e. The highest BCUT2D eigenvalue weighted by molar-refractivity contribution is 7.16. The van der Waals surface area contributed by atoms with Gasteiger partial charge in [-0.2, -0.15) is 0 Å². The molecule has 1 atom stereocenters. The Morgan fingerprint density at radius 3 is 2.71 bits per heavy atom. The van der Waals surface area contributed by atoms with Crippen molar-refractivity contribution in [3.63, 3.8) is 0 Å². The van der Waals surface area contributed by atoms with E-state index < -0.39 is 0 Å². The number of hydrogen-bond acceptors (Lipinski definition) is 2. The van der Waals surface area contributed by atoms with E-state index >= 15 is 0 Å². The van der Waals surface area contributed by atoms with Crippen LogP contribution in [0.3, 0.4) is 0 Å². The third-order valence-electron chi connectivity index (χ3n) is 1.96. The Hall–Kier alpha value is 0.240. The monoisotopic (exact) mass is 251 g/mol. The van der Waals surface area contributed by atoms with Crippen molar-refractivity contribution in [1.82, 2.24) is 4.90 Å². The van der Waals surface area contributed by atoms with Crippen LogP contribution in [0.2, 0.25) is 4.34 Å². The predicted molar refractivity (Wildman–Crippen MR) is 65.6 cm³/mol. The van der Waals surface area contributed by atoms with E-state index in [1.807, 2.05) is 13.0 Å². The molecule has 0 N–H and O–H groups in total. The lowest BCUT2D eigenvalue weighted by atomic mass is 10.3. The number of nitrogens with zero attached hydrogens (tertiary/aromatic N) is 1. The normalized spacial score (nSPS) is 13.5. The molecule has 1 aromatic rings. The molecule has 14 heavy (non-hydrogen) atoms. The molecule has 1 heterocycles. The topological polar surface area (TPSA) is 3.24 Å². The van der Waals surface area contributed by atoms with Gasteiger partial charge >= 0.3 is 0 Å². The lowest BCUT2D eigenvalue weighted by Crippen LogP contribution is -2.20. The second-order valence-electron chi connectivity index (χ2n) is 3.51. The van der Waals surface area contributed by atoms with Crippen LogP contribution in [0.25, 0.3) is 0 Å². The first-order valence-electron chi connectivity index (χ1n) is 4.64. The largest absolute Gasteiger partial charge is 0.301 e. The second kappa shape index (κ2) is 5.96. The number of rotatable bonds is 5. The molecule has 0 radical (unpaired) electrons. The molecule has 0 saturated carbocycles. The van der Waals surface area contributed by atoms with E-state index in [1.165, 1.54) is 4.88 Å². The number of thiophene rings is 1. The van der Waals surface area contributed by atoms with Gasteiger partial charge in [0.05, 0.1) is 4.34 Å². The van der Waals surface area contributed by atoms with Crippen LogP contribution in [0, 0.1) is 0 Å². The molecular formula is C10H15Cl2NS. The van der Waals surface area contributed by atoms with Crippen molar-refractivity contribution in [1.29, 1.82) is 0 Å². The van der Waals surface area contributed by atoms with Crippen molar-refractivity contribution in [3.05, 3.63) is 21.3 Å². The molecule has 1 rings (SSSR count). The zero-order valence-electron chi connectivity index (χ0n) is 8.46. The lowest BCUT2D eigenvalue weighted by Gasteiger charge is -2.15. The van der Waals surface area contributed by atoms with E-state index in [2.05, 4.69) is 18.0 Å². The molecule has 0 bridgehead atoms. The van der Waals surface area contributed by atoms with Gasteiger partial charge < -0.3 is 4.90 Å². The highest BCUT2D eigenvalue weighted by Gasteiger charge is 2.04. The van der Waals surface area contributed by atoms with Crippen LogP contribution >= 0.6 is 34.5 Å². The summed E-state index contributed by atoms with van der Waals surface area (Å²) in [6.45, 7) is 4.01. The van der Waals surface area contributed by atoms with E-state index in [0.717, 1.165) is 23.8 Å². The van der Waals surface area contributed by atoms with Gasteiger partial charge in [0.15, 0.2) is 0 Å². The molecule has 0 saturated heterocycles. The Morgan fingerprint density at radius 1 is 1.50 bits per heavy atom. The van der Waals surface area contributed by atoms with Crippen LogP contribution in [-0.4, -0.2) is 23.9 Å². The molecule has 1 nitrogen and oxygen atoms in total. The van der Waals surface area contributed by atoms with E-state index in [1.54, 1.807) is 11.3 Å². The molecule has 0 fully saturated rings. The van der Waals surface area contributed by atoms with Crippen molar-refractivity contribution in [2.45, 2.75) is 25.3 Å². The fourth-order valence-corrected chi connectivity index (χ4v) is 2.45. The fraction of sp³-hybridized carbons (Fsp3) is 0.600. The summed E-state index contributed by atoms with van der Waals surface area (Å²) in [5.74, 6) is 0. The van der Waals surface area contributed by atoms with Crippen molar-refractivity contribution in [2.75, 3.05) is 13.6 Å². The van der Waals surface area contributed by atoms with E-state index in [4.69, 9.17) is 23.2 Å². The summed E-state index contributed by atoms with van der Waals surface area (Å²) >= 11 is 13.4. The average molecular weight is 252 g/mol. The number of hydrogen-bond donors (Lipinski definition) is 0. The molecular weight excluding hydrogens is 237 g/mol. The molecule has 0 amide bonds. The molecule has 1 unspecified atom stereocenters. The summed E-state index contributed by atoms with van der Waals surface area (Å²) in [7, 11) is 2.10. The van der Waals surface area contributed by atoms with E-state index in [9.17, 15) is 0 Å². The second-order valence-corrected chi connectivity index (χ2v) is 6.06. The highest BCUT2D eigenvalue weighted by Crippen LogP contribution is 2.22. The fourth-order valence-electron chi connectivity index (χ4n) is 1.18. The Bertz CT molecular complexity index is 273. The lowest BCUT2D eigenvalue weighted by molar-refractivity contribution is 0.324. The summed E-state index contributed by atoms with van der Waals surface area (Å²) in [6, 6.07) is 4.02. The summed E-state index contributed by atoms with van der Waals surface area (Å²) in [5.41, 5.74) is 0. The van der Waals surface area contributed by atoms with Gasteiger partial charge in [0.25, 0.3) is 0 Å². The predicted octanol–water partition coefficient (Wildman–Crippen LogP) is 3.85. The van der Waals surface area contributed by atoms with E-state index in [-0.39, 0.29) is 5.38 Å². The summed E-state index contributed by atoms with van der Waals surface area (Å²) < 4.78 is 0.860. The third-order valence-corrected chi connectivity index (χ3v) is 3.40. The highest BCUT2D eigenvalue weighted by atomic mass is 35.5. The van der Waals surface area contributed by atoms with Crippen LogP contribution < -0.4 is 0 Å². The van der Waals surface area contributed by atoms with Gasteiger partial charge in [-0.1, -0.05) is 11.6 Å². The number of halogens is 2. The van der Waals surface area contributed by atoms with Gasteiger partial charge in [-0.15, -0.1) is 22.9 Å². The Morgan fingerprint density at radius 2 is 2.21 bits per heavy atom. The van der Waals surface area contributed by atoms with Gasteiger partial charge in [0.2, 0.25) is 0 Å². The molecule has 0 aliphatic rings. The maximum Gasteiger partial charge on any atom is 0.0931 e.